The fourth-order valence-corrected chi connectivity index (χ4v) is 2.19. The van der Waals surface area contributed by atoms with Gasteiger partial charge < -0.3 is 10.2 Å². The first-order chi connectivity index (χ1) is 8.72. The van der Waals surface area contributed by atoms with Crippen LogP contribution >= 0.6 is 0 Å². The van der Waals surface area contributed by atoms with Gasteiger partial charge in [0.25, 0.3) is 0 Å². The molecule has 0 atom stereocenters. The molecule has 0 radical (unpaired) electrons. The number of hydrogen-bond acceptors (Lipinski definition) is 4. The van der Waals surface area contributed by atoms with Crippen molar-refractivity contribution in [3.05, 3.63) is 23.8 Å². The number of phenols is 1. The molecule has 0 amide bonds. The predicted molar refractivity (Wildman–Crippen MR) is 70.3 cm³/mol. The molecule has 1 aromatic rings. The van der Waals surface area contributed by atoms with Gasteiger partial charge in [0.1, 0.15) is 5.75 Å². The van der Waals surface area contributed by atoms with E-state index in [1.54, 1.807) is 13.0 Å². The van der Waals surface area contributed by atoms with E-state index in [-0.39, 0.29) is 24.4 Å². The van der Waals surface area contributed by atoms with Crippen molar-refractivity contribution in [3.8, 4) is 5.75 Å². The first-order valence-electron chi connectivity index (χ1n) is 5.48. The second kappa shape index (κ2) is 5.89. The van der Waals surface area contributed by atoms with E-state index < -0.39 is 16.2 Å². The molecule has 8 heteroatoms. The van der Waals surface area contributed by atoms with Gasteiger partial charge in [0.15, 0.2) is 0 Å². The molecule has 3 N–H and O–H groups in total. The van der Waals surface area contributed by atoms with Gasteiger partial charge in [-0.15, -0.1) is 0 Å². The Morgan fingerprint density at radius 1 is 1.42 bits per heavy atom. The minimum atomic E-state index is -3.83. The minimum absolute atomic E-state index is 0.0200. The average Bonchev–Trinajstić information content (AvgIpc) is 2.30. The van der Waals surface area contributed by atoms with Crippen LogP contribution in [0.25, 0.3) is 0 Å². The maximum Gasteiger partial charge on any atom is 0.304 e. The Morgan fingerprint density at radius 2 is 2.05 bits per heavy atom. The fourth-order valence-electron chi connectivity index (χ4n) is 1.27. The third-order valence-corrected chi connectivity index (χ3v) is 4.00. The Kier molecular flexibility index (Phi) is 4.73. The van der Waals surface area contributed by atoms with Crippen LogP contribution in [0.3, 0.4) is 0 Å². The highest BCUT2D eigenvalue weighted by Crippen LogP contribution is 2.21. The molecule has 0 aliphatic carbocycles. The third kappa shape index (κ3) is 4.42. The van der Waals surface area contributed by atoms with Gasteiger partial charge in [0.2, 0.25) is 0 Å². The highest BCUT2D eigenvalue weighted by atomic mass is 32.2. The van der Waals surface area contributed by atoms with Crippen molar-refractivity contribution in [2.24, 2.45) is 0 Å². The molecule has 0 bridgehead atoms. The van der Waals surface area contributed by atoms with Gasteiger partial charge in [-0.25, -0.2) is 0 Å². The zero-order chi connectivity index (χ0) is 14.6. The molecule has 0 unspecified atom stereocenters. The van der Waals surface area contributed by atoms with Gasteiger partial charge in [-0.05, 0) is 18.6 Å². The molecule has 0 saturated heterocycles. The zero-order valence-corrected chi connectivity index (χ0v) is 11.4. The molecule has 1 aromatic carbocycles. The Hall–Kier alpha value is -1.80. The standard InChI is InChI=1S/C11H16N2O5S/c1-8-3-4-9(7-10(8)14)12-19(17,18)13(2)6-5-11(15)16/h3-4,7,12,14H,5-6H2,1-2H3,(H,15,16). The van der Waals surface area contributed by atoms with Crippen molar-refractivity contribution in [2.75, 3.05) is 18.3 Å². The van der Waals surface area contributed by atoms with Gasteiger partial charge in [0, 0.05) is 19.7 Å². The smallest absolute Gasteiger partial charge is 0.304 e. The number of benzene rings is 1. The van der Waals surface area contributed by atoms with E-state index in [9.17, 15) is 18.3 Å². The number of carboxylic acid groups (broad SMARTS) is 1. The van der Waals surface area contributed by atoms with Gasteiger partial charge in [-0.3, -0.25) is 9.52 Å². The van der Waals surface area contributed by atoms with Crippen molar-refractivity contribution in [3.63, 3.8) is 0 Å². The number of aryl methyl sites for hydroxylation is 1. The summed E-state index contributed by atoms with van der Waals surface area (Å²) in [6, 6.07) is 4.37. The predicted octanol–water partition coefficient (Wildman–Crippen LogP) is 0.764. The zero-order valence-electron chi connectivity index (χ0n) is 10.6. The topological polar surface area (TPSA) is 107 Å². The van der Waals surface area contributed by atoms with Crippen LogP contribution in [0.4, 0.5) is 5.69 Å². The summed E-state index contributed by atoms with van der Waals surface area (Å²) in [6.45, 7) is 1.55. The Morgan fingerprint density at radius 3 is 2.58 bits per heavy atom. The normalized spacial score (nSPS) is 11.5. The van der Waals surface area contributed by atoms with Gasteiger partial charge in [-0.2, -0.15) is 12.7 Å². The monoisotopic (exact) mass is 288 g/mol. The van der Waals surface area contributed by atoms with Gasteiger partial charge in [0.05, 0.1) is 12.1 Å². The van der Waals surface area contributed by atoms with Crippen LogP contribution in [0.1, 0.15) is 12.0 Å². The number of hydrogen-bond donors (Lipinski definition) is 3. The van der Waals surface area contributed by atoms with Crippen LogP contribution in [-0.4, -0.2) is 42.5 Å². The number of nitrogens with zero attached hydrogens (tertiary/aromatic N) is 1. The largest absolute Gasteiger partial charge is 0.508 e. The van der Waals surface area contributed by atoms with Crippen molar-refractivity contribution >= 4 is 21.9 Å². The molecule has 106 valence electrons. The molecule has 19 heavy (non-hydrogen) atoms. The number of aromatic hydroxyl groups is 1. The summed E-state index contributed by atoms with van der Waals surface area (Å²) >= 11 is 0. The average molecular weight is 288 g/mol. The van der Waals surface area contributed by atoms with Crippen LogP contribution in [0.5, 0.6) is 5.75 Å². The van der Waals surface area contributed by atoms with Gasteiger partial charge >= 0.3 is 16.2 Å². The molecule has 0 spiro atoms. The molecule has 1 rings (SSSR count). The number of carbonyl (C=O) groups is 1. The number of anilines is 1. The molecular weight excluding hydrogens is 272 g/mol. The highest BCUT2D eigenvalue weighted by molar-refractivity contribution is 7.90. The number of nitrogens with one attached hydrogen (secondary N) is 1. The van der Waals surface area contributed by atoms with E-state index >= 15 is 0 Å². The summed E-state index contributed by atoms with van der Waals surface area (Å²) in [6.07, 6.45) is -0.281. The Labute approximate surface area is 111 Å². The lowest BCUT2D eigenvalue weighted by Crippen LogP contribution is -2.34. The lowest BCUT2D eigenvalue weighted by molar-refractivity contribution is -0.137. The van der Waals surface area contributed by atoms with Crippen LogP contribution in [0.15, 0.2) is 18.2 Å². The van der Waals surface area contributed by atoms with Crippen LogP contribution < -0.4 is 4.72 Å². The van der Waals surface area contributed by atoms with Crippen molar-refractivity contribution in [2.45, 2.75) is 13.3 Å². The quantitative estimate of drug-likeness (QED) is 0.716. The molecule has 0 aliphatic rings. The minimum Gasteiger partial charge on any atom is -0.508 e. The van der Waals surface area contributed by atoms with E-state index in [0.717, 1.165) is 4.31 Å². The summed E-state index contributed by atoms with van der Waals surface area (Å²) in [4.78, 5) is 10.4. The Balaban J connectivity index is 2.78. The van der Waals surface area contributed by atoms with Crippen LogP contribution in [0.2, 0.25) is 0 Å². The maximum absolute atomic E-state index is 11.8. The number of aliphatic carboxylic acids is 1. The van der Waals surface area contributed by atoms with E-state index in [1.807, 2.05) is 0 Å². The fraction of sp³-hybridized carbons (Fsp3) is 0.364. The van der Waals surface area contributed by atoms with Gasteiger partial charge in [-0.1, -0.05) is 6.07 Å². The second-order valence-corrected chi connectivity index (χ2v) is 5.85. The van der Waals surface area contributed by atoms with Crippen molar-refractivity contribution in [1.82, 2.24) is 4.31 Å². The lowest BCUT2D eigenvalue weighted by Gasteiger charge is -2.17. The molecule has 0 aromatic heterocycles. The third-order valence-electron chi connectivity index (χ3n) is 2.51. The number of rotatable bonds is 6. The lowest BCUT2D eigenvalue weighted by atomic mass is 10.2. The molecule has 0 aliphatic heterocycles. The molecule has 0 fully saturated rings. The number of phenolic OH excluding ortho intramolecular Hbond substituents is 1. The first kappa shape index (κ1) is 15.3. The first-order valence-corrected chi connectivity index (χ1v) is 6.92. The second-order valence-electron chi connectivity index (χ2n) is 4.07. The van der Waals surface area contributed by atoms with Crippen molar-refractivity contribution < 1.29 is 23.4 Å². The molecule has 7 nitrogen and oxygen atoms in total. The number of carboxylic acids is 1. The molecule has 0 saturated carbocycles. The summed E-state index contributed by atoms with van der Waals surface area (Å²) < 4.78 is 26.9. The Bertz CT molecular complexity index is 570. The summed E-state index contributed by atoms with van der Waals surface area (Å²) in [7, 11) is -2.55. The SMILES string of the molecule is Cc1ccc(NS(=O)(=O)N(C)CCC(=O)O)cc1O. The van der Waals surface area contributed by atoms with E-state index in [4.69, 9.17) is 5.11 Å². The van der Waals surface area contributed by atoms with E-state index in [0.29, 0.717) is 5.56 Å². The van der Waals surface area contributed by atoms with Crippen LogP contribution in [-0.2, 0) is 15.0 Å². The van der Waals surface area contributed by atoms with Crippen LogP contribution in [0, 0.1) is 6.92 Å². The van der Waals surface area contributed by atoms with Crippen molar-refractivity contribution in [1.29, 1.82) is 0 Å². The van der Waals surface area contributed by atoms with E-state index in [1.165, 1.54) is 19.2 Å². The summed E-state index contributed by atoms with van der Waals surface area (Å²) in [5.41, 5.74) is 0.840. The summed E-state index contributed by atoms with van der Waals surface area (Å²) in [5, 5.41) is 18.0. The maximum atomic E-state index is 11.8. The highest BCUT2D eigenvalue weighted by Gasteiger charge is 2.18. The summed E-state index contributed by atoms with van der Waals surface area (Å²) in [5.74, 6) is -1.09. The molecular formula is C11H16N2O5S. The van der Waals surface area contributed by atoms with E-state index in [2.05, 4.69) is 4.72 Å². The molecule has 0 heterocycles.